The highest BCUT2D eigenvalue weighted by Gasteiger charge is 2.11. The third-order valence-electron chi connectivity index (χ3n) is 3.61. The predicted octanol–water partition coefficient (Wildman–Crippen LogP) is 1.50. The number of rotatable bonds is 4. The number of nitrogens with zero attached hydrogens (tertiary/aromatic N) is 1. The van der Waals surface area contributed by atoms with Crippen molar-refractivity contribution in [3.63, 3.8) is 0 Å². The van der Waals surface area contributed by atoms with Gasteiger partial charge in [-0.25, -0.2) is 4.79 Å². The van der Waals surface area contributed by atoms with Crippen molar-refractivity contribution in [2.45, 2.75) is 51.1 Å². The summed E-state index contributed by atoms with van der Waals surface area (Å²) in [5.74, 6) is 0. The quantitative estimate of drug-likeness (QED) is 0.824. The fraction of sp³-hybridized carbons (Fsp3) is 0.692. The maximum absolute atomic E-state index is 11.6. The Kier molecular flexibility index (Phi) is 5.22. The molecule has 2 N–H and O–H groups in total. The molecule has 0 unspecified atom stereocenters. The monoisotopic (exact) mass is 285 g/mol. The zero-order chi connectivity index (χ0) is 13.7. The third-order valence-corrected chi connectivity index (χ3v) is 3.88. The molecule has 2 rings (SSSR count). The first-order chi connectivity index (χ1) is 9.16. The first-order valence-corrected chi connectivity index (χ1v) is 7.27. The van der Waals surface area contributed by atoms with Crippen molar-refractivity contribution in [1.29, 1.82) is 0 Å². The second-order valence-electron chi connectivity index (χ2n) is 5.07. The maximum atomic E-state index is 11.6. The van der Waals surface area contributed by atoms with Gasteiger partial charge < -0.3 is 5.32 Å². The molecular formula is C13H20ClN3O2. The van der Waals surface area contributed by atoms with Crippen LogP contribution < -0.4 is 16.6 Å². The summed E-state index contributed by atoms with van der Waals surface area (Å²) in [6, 6.07) is 0.552. The minimum atomic E-state index is -0.528. The largest absolute Gasteiger partial charge is 0.328 e. The second-order valence-corrected chi connectivity index (χ2v) is 5.48. The average Bonchev–Trinajstić information content (AvgIpc) is 2.64. The zero-order valence-corrected chi connectivity index (χ0v) is 11.7. The van der Waals surface area contributed by atoms with Gasteiger partial charge in [0, 0.05) is 25.3 Å². The van der Waals surface area contributed by atoms with E-state index in [1.807, 2.05) is 0 Å². The van der Waals surface area contributed by atoms with Gasteiger partial charge in [-0.3, -0.25) is 14.3 Å². The molecule has 0 amide bonds. The molecular weight excluding hydrogens is 266 g/mol. The molecule has 0 aliphatic heterocycles. The van der Waals surface area contributed by atoms with Crippen LogP contribution in [0.25, 0.3) is 0 Å². The molecule has 0 aromatic carbocycles. The lowest BCUT2D eigenvalue weighted by Gasteiger charge is -2.16. The number of hydrogen-bond donors (Lipinski definition) is 2. The van der Waals surface area contributed by atoms with Crippen LogP contribution in [0.4, 0.5) is 0 Å². The lowest BCUT2D eigenvalue weighted by Crippen LogP contribution is -2.36. The van der Waals surface area contributed by atoms with Crippen LogP contribution >= 0.6 is 11.6 Å². The SMILES string of the molecule is O=c1[nH]c(=O)n(CCNC2CCCCCC2)cc1Cl. The summed E-state index contributed by atoms with van der Waals surface area (Å²) in [6.07, 6.45) is 9.03. The van der Waals surface area contributed by atoms with Gasteiger partial charge in [0.25, 0.3) is 5.56 Å². The van der Waals surface area contributed by atoms with Crippen LogP contribution in [0, 0.1) is 0 Å². The topological polar surface area (TPSA) is 66.9 Å². The van der Waals surface area contributed by atoms with E-state index < -0.39 is 11.2 Å². The van der Waals surface area contributed by atoms with E-state index in [-0.39, 0.29) is 5.02 Å². The normalized spacial score (nSPS) is 17.3. The van der Waals surface area contributed by atoms with Crippen molar-refractivity contribution in [3.8, 4) is 0 Å². The van der Waals surface area contributed by atoms with E-state index in [0.717, 1.165) is 0 Å². The van der Waals surface area contributed by atoms with Crippen molar-refractivity contribution in [3.05, 3.63) is 32.1 Å². The predicted molar refractivity (Wildman–Crippen MR) is 75.8 cm³/mol. The second kappa shape index (κ2) is 6.91. The number of H-pyrrole nitrogens is 1. The Morgan fingerprint density at radius 1 is 1.26 bits per heavy atom. The molecule has 0 atom stereocenters. The van der Waals surface area contributed by atoms with Crippen LogP contribution in [-0.4, -0.2) is 22.1 Å². The van der Waals surface area contributed by atoms with Gasteiger partial charge >= 0.3 is 5.69 Å². The molecule has 5 nitrogen and oxygen atoms in total. The van der Waals surface area contributed by atoms with Crippen LogP contribution in [0.1, 0.15) is 38.5 Å². The molecule has 0 saturated heterocycles. The first-order valence-electron chi connectivity index (χ1n) is 6.89. The van der Waals surface area contributed by atoms with E-state index in [2.05, 4.69) is 10.3 Å². The van der Waals surface area contributed by atoms with Crippen LogP contribution in [-0.2, 0) is 6.54 Å². The molecule has 6 heteroatoms. The highest BCUT2D eigenvalue weighted by molar-refractivity contribution is 6.30. The molecule has 1 saturated carbocycles. The summed E-state index contributed by atoms with van der Waals surface area (Å²) in [5.41, 5.74) is -0.934. The van der Waals surface area contributed by atoms with Gasteiger partial charge in [-0.15, -0.1) is 0 Å². The van der Waals surface area contributed by atoms with Gasteiger partial charge in [0.15, 0.2) is 0 Å². The molecule has 1 aliphatic rings. The first kappa shape index (κ1) is 14.3. The minimum absolute atomic E-state index is 0.0501. The summed E-state index contributed by atoms with van der Waals surface area (Å²) < 4.78 is 1.44. The highest BCUT2D eigenvalue weighted by atomic mass is 35.5. The Morgan fingerprint density at radius 2 is 1.95 bits per heavy atom. The van der Waals surface area contributed by atoms with Crippen molar-refractivity contribution in [2.24, 2.45) is 0 Å². The Labute approximate surface area is 117 Å². The molecule has 1 aromatic rings. The molecule has 19 heavy (non-hydrogen) atoms. The van der Waals surface area contributed by atoms with Gasteiger partial charge in [0.1, 0.15) is 5.02 Å². The van der Waals surface area contributed by atoms with Gasteiger partial charge in [-0.1, -0.05) is 37.3 Å². The van der Waals surface area contributed by atoms with Crippen LogP contribution in [0.15, 0.2) is 15.8 Å². The average molecular weight is 286 g/mol. The van der Waals surface area contributed by atoms with Gasteiger partial charge in [0.2, 0.25) is 0 Å². The Balaban J connectivity index is 1.87. The lowest BCUT2D eigenvalue weighted by molar-refractivity contribution is 0.441. The molecule has 0 spiro atoms. The van der Waals surface area contributed by atoms with Crippen molar-refractivity contribution in [1.82, 2.24) is 14.9 Å². The maximum Gasteiger partial charge on any atom is 0.328 e. The lowest BCUT2D eigenvalue weighted by atomic mass is 10.1. The smallest absolute Gasteiger partial charge is 0.312 e. The molecule has 1 fully saturated rings. The number of aromatic amines is 1. The standard InChI is InChI=1S/C13H20ClN3O2/c14-11-9-17(13(19)16-12(11)18)8-7-15-10-5-3-1-2-4-6-10/h9-10,15H,1-8H2,(H,16,18,19). The molecule has 0 radical (unpaired) electrons. The van der Waals surface area contributed by atoms with Crippen LogP contribution in [0.5, 0.6) is 0 Å². The number of hydrogen-bond acceptors (Lipinski definition) is 3. The summed E-state index contributed by atoms with van der Waals surface area (Å²) in [6.45, 7) is 1.23. The number of nitrogens with one attached hydrogen (secondary N) is 2. The van der Waals surface area contributed by atoms with Gasteiger partial charge in [-0.2, -0.15) is 0 Å². The zero-order valence-electron chi connectivity index (χ0n) is 11.0. The molecule has 106 valence electrons. The molecule has 1 aromatic heterocycles. The Bertz CT molecular complexity index is 515. The van der Waals surface area contributed by atoms with Crippen molar-refractivity contribution >= 4 is 11.6 Å². The van der Waals surface area contributed by atoms with Crippen molar-refractivity contribution < 1.29 is 0 Å². The highest BCUT2D eigenvalue weighted by Crippen LogP contribution is 2.16. The molecule has 1 heterocycles. The molecule has 1 aliphatic carbocycles. The number of halogens is 1. The van der Waals surface area contributed by atoms with Crippen molar-refractivity contribution in [2.75, 3.05) is 6.54 Å². The Hall–Kier alpha value is -1.07. The fourth-order valence-electron chi connectivity index (χ4n) is 2.52. The van der Waals surface area contributed by atoms with Crippen LogP contribution in [0.3, 0.4) is 0 Å². The van der Waals surface area contributed by atoms with Gasteiger partial charge in [0.05, 0.1) is 0 Å². The minimum Gasteiger partial charge on any atom is -0.312 e. The third kappa shape index (κ3) is 4.21. The van der Waals surface area contributed by atoms with E-state index in [1.165, 1.54) is 49.3 Å². The summed E-state index contributed by atoms with van der Waals surface area (Å²) in [7, 11) is 0. The number of aromatic nitrogens is 2. The van der Waals surface area contributed by atoms with E-state index in [9.17, 15) is 9.59 Å². The summed E-state index contributed by atoms with van der Waals surface area (Å²) >= 11 is 5.71. The van der Waals surface area contributed by atoms with E-state index >= 15 is 0 Å². The van der Waals surface area contributed by atoms with E-state index in [1.54, 1.807) is 0 Å². The summed E-state index contributed by atoms with van der Waals surface area (Å²) in [4.78, 5) is 24.9. The fourth-order valence-corrected chi connectivity index (χ4v) is 2.69. The van der Waals surface area contributed by atoms with E-state index in [4.69, 9.17) is 11.6 Å². The van der Waals surface area contributed by atoms with E-state index in [0.29, 0.717) is 19.1 Å². The molecule has 0 bridgehead atoms. The van der Waals surface area contributed by atoms with Crippen LogP contribution in [0.2, 0.25) is 5.02 Å². The summed E-state index contributed by atoms with van der Waals surface area (Å²) in [5, 5.41) is 3.53. The van der Waals surface area contributed by atoms with Gasteiger partial charge in [-0.05, 0) is 12.8 Å². The Morgan fingerprint density at radius 3 is 2.63 bits per heavy atom.